The lowest BCUT2D eigenvalue weighted by atomic mass is 10.1. The maximum absolute atomic E-state index is 12.3. The average Bonchev–Trinajstić information content (AvgIpc) is 3.34. The molecular formula is C18H21F3N2O2. The van der Waals surface area contributed by atoms with Gasteiger partial charge in [0.05, 0.1) is 0 Å². The minimum Gasteiger partial charge on any atom is -0.343 e. The number of carbonyl (C=O) groups excluding carboxylic acids is 2. The minimum atomic E-state index is -4.44. The highest BCUT2D eigenvalue weighted by Gasteiger charge is 2.31. The first kappa shape index (κ1) is 19.0. The smallest absolute Gasteiger partial charge is 0.343 e. The van der Waals surface area contributed by atoms with Gasteiger partial charge in [0.1, 0.15) is 6.54 Å². The monoisotopic (exact) mass is 354 g/mol. The van der Waals surface area contributed by atoms with Crippen molar-refractivity contribution in [1.82, 2.24) is 10.2 Å². The number of alkyl halides is 3. The highest BCUT2D eigenvalue weighted by atomic mass is 19.4. The number of nitrogens with one attached hydrogen (secondary N) is 1. The molecule has 7 heteroatoms. The molecule has 0 radical (unpaired) electrons. The summed E-state index contributed by atoms with van der Waals surface area (Å²) in [6, 6.07) is 6.49. The van der Waals surface area contributed by atoms with Crippen molar-refractivity contribution >= 4 is 11.8 Å². The fourth-order valence-corrected chi connectivity index (χ4v) is 2.34. The van der Waals surface area contributed by atoms with E-state index in [1.54, 1.807) is 23.1 Å². The molecular weight excluding hydrogens is 333 g/mol. The third-order valence-electron chi connectivity index (χ3n) is 3.70. The SMILES string of the molecule is CC(C)=CC(=O)N(Cc1ccc(C(=O)NCC(F)(F)F)cc1)C1CC1. The molecule has 0 heterocycles. The second-order valence-corrected chi connectivity index (χ2v) is 6.41. The molecule has 1 N–H and O–H groups in total. The van der Waals surface area contributed by atoms with Crippen molar-refractivity contribution in [3.8, 4) is 0 Å². The van der Waals surface area contributed by atoms with Crippen LogP contribution >= 0.6 is 0 Å². The van der Waals surface area contributed by atoms with Crippen LogP contribution < -0.4 is 5.32 Å². The van der Waals surface area contributed by atoms with Crippen LogP contribution in [0.2, 0.25) is 0 Å². The summed E-state index contributed by atoms with van der Waals surface area (Å²) in [5.41, 5.74) is 1.91. The van der Waals surface area contributed by atoms with Gasteiger partial charge in [-0.2, -0.15) is 13.2 Å². The second-order valence-electron chi connectivity index (χ2n) is 6.41. The van der Waals surface area contributed by atoms with Crippen molar-refractivity contribution in [2.75, 3.05) is 6.54 Å². The molecule has 0 bridgehead atoms. The van der Waals surface area contributed by atoms with Gasteiger partial charge in [-0.25, -0.2) is 0 Å². The third-order valence-corrected chi connectivity index (χ3v) is 3.70. The van der Waals surface area contributed by atoms with Crippen molar-refractivity contribution in [2.45, 2.75) is 45.5 Å². The highest BCUT2D eigenvalue weighted by Crippen LogP contribution is 2.29. The molecule has 0 spiro atoms. The standard InChI is InChI=1S/C18H21F3N2O2/c1-12(2)9-16(24)23(15-7-8-15)10-13-3-5-14(6-4-13)17(25)22-11-18(19,20)21/h3-6,9,15H,7-8,10-11H2,1-2H3,(H,22,25). The first-order valence-corrected chi connectivity index (χ1v) is 8.05. The largest absolute Gasteiger partial charge is 0.405 e. The molecule has 4 nitrogen and oxygen atoms in total. The topological polar surface area (TPSA) is 49.4 Å². The molecule has 136 valence electrons. The molecule has 1 aromatic rings. The summed E-state index contributed by atoms with van der Waals surface area (Å²) in [4.78, 5) is 25.7. The Hall–Kier alpha value is -2.31. The Morgan fingerprint density at radius 3 is 2.28 bits per heavy atom. The quantitative estimate of drug-likeness (QED) is 0.796. The van der Waals surface area contributed by atoms with Crippen molar-refractivity contribution in [2.24, 2.45) is 0 Å². The van der Waals surface area contributed by atoms with E-state index in [1.807, 2.05) is 19.2 Å². The van der Waals surface area contributed by atoms with Gasteiger partial charge in [-0.3, -0.25) is 9.59 Å². The predicted octanol–water partition coefficient (Wildman–Crippen LogP) is 3.44. The number of nitrogens with zero attached hydrogens (tertiary/aromatic N) is 1. The first-order valence-electron chi connectivity index (χ1n) is 8.05. The van der Waals surface area contributed by atoms with E-state index >= 15 is 0 Å². The number of halogens is 3. The van der Waals surface area contributed by atoms with E-state index in [1.165, 1.54) is 12.1 Å². The van der Waals surface area contributed by atoms with E-state index in [0.717, 1.165) is 24.0 Å². The lowest BCUT2D eigenvalue weighted by Crippen LogP contribution is -2.33. The molecule has 1 fully saturated rings. The Balaban J connectivity index is 2.00. The fraction of sp³-hybridized carbons (Fsp3) is 0.444. The van der Waals surface area contributed by atoms with E-state index in [9.17, 15) is 22.8 Å². The van der Waals surface area contributed by atoms with Crippen LogP contribution in [0.3, 0.4) is 0 Å². The fourth-order valence-electron chi connectivity index (χ4n) is 2.34. The van der Waals surface area contributed by atoms with Crippen molar-refractivity contribution in [3.05, 3.63) is 47.0 Å². The lowest BCUT2D eigenvalue weighted by molar-refractivity contribution is -0.127. The number of amides is 2. The molecule has 1 aliphatic carbocycles. The van der Waals surface area contributed by atoms with Gasteiger partial charge in [-0.15, -0.1) is 0 Å². The molecule has 1 aliphatic rings. The molecule has 25 heavy (non-hydrogen) atoms. The molecule has 2 amide bonds. The van der Waals surface area contributed by atoms with Crippen molar-refractivity contribution in [3.63, 3.8) is 0 Å². The van der Waals surface area contributed by atoms with Gasteiger partial charge in [0.15, 0.2) is 0 Å². The summed E-state index contributed by atoms with van der Waals surface area (Å²) in [6.07, 6.45) is -0.899. The number of rotatable bonds is 6. The van der Waals surface area contributed by atoms with Gasteiger partial charge >= 0.3 is 6.18 Å². The molecule has 2 rings (SSSR count). The lowest BCUT2D eigenvalue weighted by Gasteiger charge is -2.21. The van der Waals surface area contributed by atoms with E-state index in [4.69, 9.17) is 0 Å². The van der Waals surface area contributed by atoms with Crippen LogP contribution in [0, 0.1) is 0 Å². The Labute approximate surface area is 144 Å². The highest BCUT2D eigenvalue weighted by molar-refractivity contribution is 5.94. The zero-order valence-corrected chi connectivity index (χ0v) is 14.2. The zero-order valence-electron chi connectivity index (χ0n) is 14.2. The summed E-state index contributed by atoms with van der Waals surface area (Å²) >= 11 is 0. The summed E-state index contributed by atoms with van der Waals surface area (Å²) < 4.78 is 36.4. The van der Waals surface area contributed by atoms with Crippen LogP contribution in [-0.2, 0) is 11.3 Å². The molecule has 0 unspecified atom stereocenters. The normalized spacial score (nSPS) is 14.0. The van der Waals surface area contributed by atoms with Crippen LogP contribution in [-0.4, -0.2) is 35.5 Å². The first-order chi connectivity index (χ1) is 11.7. The molecule has 1 aromatic carbocycles. The van der Waals surface area contributed by atoms with E-state index in [2.05, 4.69) is 0 Å². The van der Waals surface area contributed by atoms with Gasteiger partial charge in [-0.05, 0) is 44.4 Å². The van der Waals surface area contributed by atoms with Crippen molar-refractivity contribution in [1.29, 1.82) is 0 Å². The number of benzene rings is 1. The summed E-state index contributed by atoms with van der Waals surface area (Å²) in [5.74, 6) is -0.821. The Bertz CT molecular complexity index is 658. The molecule has 1 saturated carbocycles. The van der Waals surface area contributed by atoms with Gasteiger partial charge in [-0.1, -0.05) is 17.7 Å². The second kappa shape index (κ2) is 7.72. The van der Waals surface area contributed by atoms with Crippen LogP contribution in [0.5, 0.6) is 0 Å². The summed E-state index contributed by atoms with van der Waals surface area (Å²) in [5, 5.41) is 1.83. The van der Waals surface area contributed by atoms with Crippen LogP contribution in [0.25, 0.3) is 0 Å². The molecule has 0 aromatic heterocycles. The Morgan fingerprint density at radius 1 is 1.20 bits per heavy atom. The maximum Gasteiger partial charge on any atom is 0.405 e. The number of carbonyl (C=O) groups is 2. The Morgan fingerprint density at radius 2 is 1.80 bits per heavy atom. The van der Waals surface area contributed by atoms with E-state index < -0.39 is 18.6 Å². The summed E-state index contributed by atoms with van der Waals surface area (Å²) in [7, 11) is 0. The number of allylic oxidation sites excluding steroid dienone is 1. The zero-order chi connectivity index (χ0) is 18.6. The van der Waals surface area contributed by atoms with Crippen LogP contribution in [0.1, 0.15) is 42.6 Å². The van der Waals surface area contributed by atoms with Gasteiger partial charge in [0, 0.05) is 24.2 Å². The Kier molecular flexibility index (Phi) is 5.87. The van der Waals surface area contributed by atoms with E-state index in [-0.39, 0.29) is 17.5 Å². The van der Waals surface area contributed by atoms with Gasteiger partial charge in [0.2, 0.25) is 5.91 Å². The molecule has 0 saturated heterocycles. The van der Waals surface area contributed by atoms with Gasteiger partial charge < -0.3 is 10.2 Å². The van der Waals surface area contributed by atoms with Gasteiger partial charge in [0.25, 0.3) is 5.91 Å². The van der Waals surface area contributed by atoms with Crippen LogP contribution in [0.4, 0.5) is 13.2 Å². The minimum absolute atomic E-state index is 0.0468. The molecule has 0 aliphatic heterocycles. The number of hydrogen-bond donors (Lipinski definition) is 1. The van der Waals surface area contributed by atoms with Crippen molar-refractivity contribution < 1.29 is 22.8 Å². The number of hydrogen-bond acceptors (Lipinski definition) is 2. The average molecular weight is 354 g/mol. The predicted molar refractivity (Wildman–Crippen MR) is 87.8 cm³/mol. The molecule has 0 atom stereocenters. The van der Waals surface area contributed by atoms with Crippen LogP contribution in [0.15, 0.2) is 35.9 Å². The summed E-state index contributed by atoms with van der Waals surface area (Å²) in [6.45, 7) is 2.77. The maximum atomic E-state index is 12.3. The van der Waals surface area contributed by atoms with E-state index in [0.29, 0.717) is 6.54 Å². The third kappa shape index (κ3) is 6.25.